The van der Waals surface area contributed by atoms with Crippen LogP contribution in [-0.2, 0) is 23.1 Å². The number of para-hydroxylation sites is 2. The molecule has 1 amide bonds. The average molecular weight is 569 g/mol. The number of carbonyl (C=O) groups is 2. The van der Waals surface area contributed by atoms with Crippen molar-refractivity contribution in [2.75, 3.05) is 49.7 Å². The zero-order valence-electron chi connectivity index (χ0n) is 24.4. The summed E-state index contributed by atoms with van der Waals surface area (Å²) in [5.74, 6) is -0.643. The Morgan fingerprint density at radius 1 is 1.07 bits per heavy atom. The summed E-state index contributed by atoms with van der Waals surface area (Å²) in [5, 5.41) is 2.74. The van der Waals surface area contributed by atoms with Crippen LogP contribution in [0.25, 0.3) is 10.9 Å². The SMILES string of the molecule is CCOC(=O)c1cn(C)c2c(CNC(=O)OC(C)(C)C)c(N3CCN(c4ccccc4OC)CC3)c(F)cc2c1=O. The highest BCUT2D eigenvalue weighted by Crippen LogP contribution is 2.34. The van der Waals surface area contributed by atoms with E-state index in [1.54, 1.807) is 46.4 Å². The van der Waals surface area contributed by atoms with E-state index in [0.717, 1.165) is 11.4 Å². The lowest BCUT2D eigenvalue weighted by Gasteiger charge is -2.39. The summed E-state index contributed by atoms with van der Waals surface area (Å²) in [7, 11) is 3.30. The molecule has 0 atom stereocenters. The Morgan fingerprint density at radius 2 is 1.73 bits per heavy atom. The van der Waals surface area contributed by atoms with E-state index >= 15 is 4.39 Å². The summed E-state index contributed by atoms with van der Waals surface area (Å²) in [5.41, 5.74) is 0.496. The number of hydrogen-bond acceptors (Lipinski definition) is 8. The molecule has 10 nitrogen and oxygen atoms in total. The van der Waals surface area contributed by atoms with Gasteiger partial charge < -0.3 is 33.9 Å². The molecule has 0 aliphatic carbocycles. The number of pyridine rings is 1. The second-order valence-corrected chi connectivity index (χ2v) is 10.8. The van der Waals surface area contributed by atoms with Gasteiger partial charge in [0.15, 0.2) is 0 Å². The van der Waals surface area contributed by atoms with E-state index in [2.05, 4.69) is 10.2 Å². The van der Waals surface area contributed by atoms with E-state index in [9.17, 15) is 14.4 Å². The third-order valence-electron chi connectivity index (χ3n) is 6.81. The molecule has 1 aliphatic heterocycles. The second kappa shape index (κ2) is 12.1. The molecule has 0 unspecified atom stereocenters. The van der Waals surface area contributed by atoms with E-state index in [4.69, 9.17) is 14.2 Å². The molecular weight excluding hydrogens is 531 g/mol. The molecule has 0 spiro atoms. The van der Waals surface area contributed by atoms with E-state index < -0.39 is 28.9 Å². The highest BCUT2D eigenvalue weighted by molar-refractivity contribution is 5.96. The molecule has 1 saturated heterocycles. The molecule has 4 rings (SSSR count). The molecule has 3 aromatic rings. The zero-order valence-corrected chi connectivity index (χ0v) is 24.4. The van der Waals surface area contributed by atoms with Gasteiger partial charge >= 0.3 is 12.1 Å². The van der Waals surface area contributed by atoms with Gasteiger partial charge in [-0.2, -0.15) is 0 Å². The number of benzene rings is 2. The number of fused-ring (bicyclic) bond motifs is 1. The fraction of sp³-hybridized carbons (Fsp3) is 0.433. The molecule has 0 saturated carbocycles. The lowest BCUT2D eigenvalue weighted by molar-refractivity contribution is 0.0514. The maximum Gasteiger partial charge on any atom is 0.407 e. The minimum Gasteiger partial charge on any atom is -0.495 e. The summed E-state index contributed by atoms with van der Waals surface area (Å²) in [6.07, 6.45) is 0.719. The van der Waals surface area contributed by atoms with Gasteiger partial charge in [0.25, 0.3) is 0 Å². The number of esters is 1. The molecule has 2 heterocycles. The molecule has 11 heteroatoms. The van der Waals surface area contributed by atoms with Crippen LogP contribution in [0.5, 0.6) is 5.75 Å². The van der Waals surface area contributed by atoms with Crippen molar-refractivity contribution < 1.29 is 28.2 Å². The Morgan fingerprint density at radius 3 is 2.37 bits per heavy atom. The number of methoxy groups -OCH3 is 1. The Kier molecular flexibility index (Phi) is 8.74. The van der Waals surface area contributed by atoms with Gasteiger partial charge in [0, 0.05) is 50.4 Å². The minimum atomic E-state index is -0.777. The quantitative estimate of drug-likeness (QED) is 0.423. The third-order valence-corrected chi connectivity index (χ3v) is 6.81. The van der Waals surface area contributed by atoms with Crippen molar-refractivity contribution in [3.05, 3.63) is 63.7 Å². The first kappa shape index (κ1) is 29.7. The van der Waals surface area contributed by atoms with Gasteiger partial charge in [0.2, 0.25) is 5.43 Å². The minimum absolute atomic E-state index is 0.0212. The molecule has 0 radical (unpaired) electrons. The molecule has 0 bridgehead atoms. The van der Waals surface area contributed by atoms with Gasteiger partial charge in [0.1, 0.15) is 22.7 Å². The van der Waals surface area contributed by atoms with Gasteiger partial charge in [-0.25, -0.2) is 14.0 Å². The van der Waals surface area contributed by atoms with Crippen LogP contribution in [0.1, 0.15) is 43.6 Å². The normalized spacial score (nSPS) is 13.7. The number of anilines is 2. The van der Waals surface area contributed by atoms with Gasteiger partial charge in [-0.3, -0.25) is 4.79 Å². The number of alkyl carbamates (subject to hydrolysis) is 1. The number of hydrogen-bond donors (Lipinski definition) is 1. The van der Waals surface area contributed by atoms with Crippen LogP contribution in [0, 0.1) is 5.82 Å². The number of nitrogens with zero attached hydrogens (tertiary/aromatic N) is 3. The van der Waals surface area contributed by atoms with Crippen molar-refractivity contribution >= 4 is 34.3 Å². The van der Waals surface area contributed by atoms with Crippen molar-refractivity contribution in [1.29, 1.82) is 0 Å². The van der Waals surface area contributed by atoms with E-state index in [-0.39, 0.29) is 29.8 Å². The van der Waals surface area contributed by atoms with Gasteiger partial charge in [-0.15, -0.1) is 0 Å². The molecular formula is C30H37FN4O6. The highest BCUT2D eigenvalue weighted by Gasteiger charge is 2.28. The van der Waals surface area contributed by atoms with E-state index in [0.29, 0.717) is 37.3 Å². The summed E-state index contributed by atoms with van der Waals surface area (Å²) in [4.78, 5) is 42.5. The first-order chi connectivity index (χ1) is 19.4. The van der Waals surface area contributed by atoms with Crippen LogP contribution < -0.4 is 25.3 Å². The fourth-order valence-electron chi connectivity index (χ4n) is 5.12. The van der Waals surface area contributed by atoms with Crippen molar-refractivity contribution in [3.8, 4) is 5.75 Å². The number of amides is 1. The van der Waals surface area contributed by atoms with Crippen molar-refractivity contribution in [2.45, 2.75) is 39.8 Å². The lowest BCUT2D eigenvalue weighted by atomic mass is 10.0. The molecule has 1 N–H and O–H groups in total. The largest absolute Gasteiger partial charge is 0.495 e. The smallest absolute Gasteiger partial charge is 0.407 e. The molecule has 1 fully saturated rings. The number of aryl methyl sites for hydroxylation is 1. The Balaban J connectivity index is 1.76. The first-order valence-electron chi connectivity index (χ1n) is 13.6. The number of halogens is 1. The van der Waals surface area contributed by atoms with Crippen molar-refractivity contribution in [1.82, 2.24) is 9.88 Å². The monoisotopic (exact) mass is 568 g/mol. The maximum absolute atomic E-state index is 16.0. The average Bonchev–Trinajstić information content (AvgIpc) is 2.92. The molecule has 41 heavy (non-hydrogen) atoms. The Hall–Kier alpha value is -4.28. The lowest BCUT2D eigenvalue weighted by Crippen LogP contribution is -2.47. The molecule has 1 aromatic heterocycles. The van der Waals surface area contributed by atoms with Crippen LogP contribution in [0.2, 0.25) is 0 Å². The number of nitrogens with one attached hydrogen (secondary N) is 1. The first-order valence-corrected chi connectivity index (χ1v) is 13.6. The van der Waals surface area contributed by atoms with Gasteiger partial charge in [0.05, 0.1) is 37.2 Å². The Labute approximate surface area is 238 Å². The maximum atomic E-state index is 16.0. The van der Waals surface area contributed by atoms with Crippen LogP contribution in [-0.4, -0.2) is 62.1 Å². The topological polar surface area (TPSA) is 102 Å². The zero-order chi connectivity index (χ0) is 29.9. The van der Waals surface area contributed by atoms with Crippen LogP contribution >= 0.6 is 0 Å². The summed E-state index contributed by atoms with van der Waals surface area (Å²) < 4.78 is 33.6. The Bertz CT molecular complexity index is 1510. The predicted octanol–water partition coefficient (Wildman–Crippen LogP) is 4.21. The van der Waals surface area contributed by atoms with Crippen LogP contribution in [0.15, 0.2) is 41.3 Å². The number of piperazine rings is 1. The summed E-state index contributed by atoms with van der Waals surface area (Å²) in [6.45, 7) is 9.03. The second-order valence-electron chi connectivity index (χ2n) is 10.8. The van der Waals surface area contributed by atoms with Gasteiger partial charge in [-0.05, 0) is 45.9 Å². The number of aromatic nitrogens is 1. The predicted molar refractivity (Wildman–Crippen MR) is 156 cm³/mol. The third kappa shape index (κ3) is 6.39. The summed E-state index contributed by atoms with van der Waals surface area (Å²) >= 11 is 0. The summed E-state index contributed by atoms with van der Waals surface area (Å²) in [6, 6.07) is 8.90. The molecule has 220 valence electrons. The molecule has 1 aliphatic rings. The number of rotatable bonds is 7. The van der Waals surface area contributed by atoms with Crippen molar-refractivity contribution in [3.63, 3.8) is 0 Å². The fourth-order valence-corrected chi connectivity index (χ4v) is 5.12. The van der Waals surface area contributed by atoms with Gasteiger partial charge in [-0.1, -0.05) is 12.1 Å². The van der Waals surface area contributed by atoms with Crippen LogP contribution in [0.4, 0.5) is 20.6 Å². The van der Waals surface area contributed by atoms with Crippen molar-refractivity contribution in [2.24, 2.45) is 7.05 Å². The number of carbonyl (C=O) groups excluding carboxylic acids is 2. The highest BCUT2D eigenvalue weighted by atomic mass is 19.1. The molecule has 2 aromatic carbocycles. The van der Waals surface area contributed by atoms with E-state index in [1.807, 2.05) is 29.2 Å². The standard InChI is InChI=1S/C30H37FN4O6/c1-7-40-28(37)21-18-33(5)25-19(27(21)36)16-22(31)26(20(25)17-32-29(38)41-30(2,3)4)35-14-12-34(13-15-35)23-10-8-9-11-24(23)39-6/h8-11,16,18H,7,12-15,17H2,1-6H3,(H,32,38). The van der Waals surface area contributed by atoms with Crippen LogP contribution in [0.3, 0.4) is 0 Å². The number of ether oxygens (including phenoxy) is 3. The van der Waals surface area contributed by atoms with E-state index in [1.165, 1.54) is 12.3 Å².